The number of cyclic esters (lactones) is 1. The Bertz CT molecular complexity index is 1010. The van der Waals surface area contributed by atoms with Crippen molar-refractivity contribution in [1.29, 1.82) is 0 Å². The van der Waals surface area contributed by atoms with Crippen LogP contribution in [0.3, 0.4) is 0 Å². The third kappa shape index (κ3) is 4.14. The monoisotopic (exact) mass is 413 g/mol. The molecule has 4 rings (SSSR count). The first kappa shape index (κ1) is 19.1. The number of hydrogen-bond donors (Lipinski definition) is 1. The zero-order chi connectivity index (χ0) is 20.4. The van der Waals surface area contributed by atoms with E-state index in [-0.39, 0.29) is 11.5 Å². The highest BCUT2D eigenvalue weighted by molar-refractivity contribution is 8.00. The van der Waals surface area contributed by atoms with Gasteiger partial charge in [0, 0.05) is 24.2 Å². The molecule has 29 heavy (non-hydrogen) atoms. The molecule has 1 fully saturated rings. The van der Waals surface area contributed by atoms with Crippen LogP contribution in [0.15, 0.2) is 46.5 Å². The molecule has 3 aromatic rings. The number of nitrogens with one attached hydrogen (secondary N) is 1. The molecule has 10 nitrogen and oxygen atoms in total. The molecule has 1 aliphatic rings. The maximum Gasteiger partial charge on any atom is 0.415 e. The quantitative estimate of drug-likeness (QED) is 0.623. The Hall–Kier alpha value is -3.21. The molecule has 0 saturated carbocycles. The van der Waals surface area contributed by atoms with Gasteiger partial charge < -0.3 is 9.26 Å². The second-order valence-corrected chi connectivity index (χ2v) is 8.15. The molecule has 150 valence electrons. The van der Waals surface area contributed by atoms with E-state index < -0.39 is 6.09 Å². The first-order chi connectivity index (χ1) is 13.9. The van der Waals surface area contributed by atoms with Gasteiger partial charge in [0.1, 0.15) is 12.4 Å². The summed E-state index contributed by atoms with van der Waals surface area (Å²) in [4.78, 5) is 30.7. The van der Waals surface area contributed by atoms with Crippen molar-refractivity contribution in [2.75, 3.05) is 16.2 Å². The Labute approximate surface area is 171 Å². The topological polar surface area (TPSA) is 119 Å². The van der Waals surface area contributed by atoms with Crippen LogP contribution in [-0.4, -0.2) is 43.8 Å². The second kappa shape index (κ2) is 7.66. The van der Waals surface area contributed by atoms with E-state index in [2.05, 4.69) is 50.6 Å². The highest BCUT2D eigenvalue weighted by Crippen LogP contribution is 2.33. The van der Waals surface area contributed by atoms with Gasteiger partial charge in [-0.15, -0.1) is 0 Å². The van der Waals surface area contributed by atoms with E-state index in [1.807, 2.05) is 6.07 Å². The Kier molecular flexibility index (Phi) is 5.05. The predicted molar refractivity (Wildman–Crippen MR) is 106 cm³/mol. The Morgan fingerprint density at radius 3 is 2.86 bits per heavy atom. The molecular formula is C18H19N7O3S. The number of nitrogens with zero attached hydrogens (tertiary/aromatic N) is 6. The maximum atomic E-state index is 12.2. The van der Waals surface area contributed by atoms with Gasteiger partial charge in [-0.25, -0.2) is 9.78 Å². The normalized spacial score (nSPS) is 16.7. The van der Waals surface area contributed by atoms with Crippen LogP contribution >= 0.6 is 11.9 Å². The van der Waals surface area contributed by atoms with Crippen LogP contribution in [0.25, 0.3) is 11.4 Å². The number of amides is 1. The number of ether oxygens (including phenoxy) is 1. The maximum absolute atomic E-state index is 12.2. The van der Waals surface area contributed by atoms with Crippen molar-refractivity contribution in [3.8, 4) is 11.4 Å². The van der Waals surface area contributed by atoms with Crippen molar-refractivity contribution in [2.24, 2.45) is 5.41 Å². The lowest BCUT2D eigenvalue weighted by molar-refractivity contribution is 0.172. The highest BCUT2D eigenvalue weighted by Gasteiger charge is 2.42. The number of anilines is 2. The van der Waals surface area contributed by atoms with E-state index in [1.54, 1.807) is 35.6 Å². The number of carbonyl (C=O) groups is 1. The van der Waals surface area contributed by atoms with Gasteiger partial charge in [-0.1, -0.05) is 25.9 Å². The third-order valence-corrected chi connectivity index (χ3v) is 4.94. The zero-order valence-electron chi connectivity index (χ0n) is 16.1. The van der Waals surface area contributed by atoms with E-state index in [0.29, 0.717) is 29.4 Å². The third-order valence-electron chi connectivity index (χ3n) is 4.32. The molecule has 0 bridgehead atoms. The van der Waals surface area contributed by atoms with E-state index in [9.17, 15) is 4.79 Å². The van der Waals surface area contributed by atoms with Crippen LogP contribution in [0.4, 0.5) is 16.6 Å². The summed E-state index contributed by atoms with van der Waals surface area (Å²) in [5.74, 6) is 1.21. The van der Waals surface area contributed by atoms with Crippen LogP contribution < -0.4 is 9.62 Å². The van der Waals surface area contributed by atoms with Crippen molar-refractivity contribution in [3.63, 3.8) is 0 Å². The lowest BCUT2D eigenvalue weighted by Gasteiger charge is -2.31. The second-order valence-electron chi connectivity index (χ2n) is 7.40. The molecule has 4 heterocycles. The van der Waals surface area contributed by atoms with Gasteiger partial charge in [-0.2, -0.15) is 9.97 Å². The minimum absolute atomic E-state index is 0.122. The summed E-state index contributed by atoms with van der Waals surface area (Å²) in [5.41, 5.74) is 0.591. The first-order valence-electron chi connectivity index (χ1n) is 8.88. The molecule has 1 unspecified atom stereocenters. The Morgan fingerprint density at radius 2 is 2.10 bits per heavy atom. The first-order valence-corrected chi connectivity index (χ1v) is 9.69. The summed E-state index contributed by atoms with van der Waals surface area (Å²) in [6.07, 6.45) is 4.48. The smallest absolute Gasteiger partial charge is 0.415 e. The van der Waals surface area contributed by atoms with Crippen molar-refractivity contribution >= 4 is 29.8 Å². The van der Waals surface area contributed by atoms with Crippen molar-refractivity contribution in [2.45, 2.75) is 32.0 Å². The van der Waals surface area contributed by atoms with E-state index >= 15 is 0 Å². The van der Waals surface area contributed by atoms with Crippen molar-refractivity contribution in [1.82, 2.24) is 25.1 Å². The van der Waals surface area contributed by atoms with Gasteiger partial charge in [0.05, 0.1) is 18.0 Å². The molecule has 0 aliphatic carbocycles. The molecule has 11 heteroatoms. The summed E-state index contributed by atoms with van der Waals surface area (Å²) in [6, 6.07) is 5.19. The van der Waals surface area contributed by atoms with Gasteiger partial charge in [0.15, 0.2) is 0 Å². The lowest BCUT2D eigenvalue weighted by Crippen LogP contribution is -2.43. The van der Waals surface area contributed by atoms with Gasteiger partial charge in [-0.3, -0.25) is 14.6 Å². The Balaban J connectivity index is 1.47. The summed E-state index contributed by atoms with van der Waals surface area (Å²) >= 11 is 1.08. The summed E-state index contributed by atoms with van der Waals surface area (Å²) < 4.78 is 13.4. The molecule has 1 saturated heterocycles. The number of rotatable bonds is 5. The molecule has 0 radical (unpaired) electrons. The number of carbonyl (C=O) groups excluding carboxylic acids is 1. The van der Waals surface area contributed by atoms with E-state index in [4.69, 9.17) is 9.26 Å². The SMILES string of the molecule is CC(C)(C)C1COC(=O)N1c1ccnc(NSc2nc(-c3cccnc3)no2)n1. The molecule has 3 aromatic heterocycles. The summed E-state index contributed by atoms with van der Waals surface area (Å²) in [6.45, 7) is 6.48. The van der Waals surface area contributed by atoms with Crippen LogP contribution in [0.5, 0.6) is 0 Å². The Morgan fingerprint density at radius 1 is 1.24 bits per heavy atom. The highest BCUT2D eigenvalue weighted by atomic mass is 32.2. The van der Waals surface area contributed by atoms with Gasteiger partial charge in [0.2, 0.25) is 11.8 Å². The minimum atomic E-state index is -0.416. The van der Waals surface area contributed by atoms with Crippen LogP contribution in [0.1, 0.15) is 20.8 Å². The van der Waals surface area contributed by atoms with Gasteiger partial charge >= 0.3 is 11.3 Å². The predicted octanol–water partition coefficient (Wildman–Crippen LogP) is 3.41. The molecule has 1 atom stereocenters. The van der Waals surface area contributed by atoms with E-state index in [0.717, 1.165) is 17.5 Å². The molecule has 1 aliphatic heterocycles. The van der Waals surface area contributed by atoms with E-state index in [1.165, 1.54) is 0 Å². The fraction of sp³-hybridized carbons (Fsp3) is 0.333. The number of pyridine rings is 1. The fourth-order valence-corrected chi connectivity index (χ4v) is 3.28. The minimum Gasteiger partial charge on any atom is -0.447 e. The number of aromatic nitrogens is 5. The lowest BCUT2D eigenvalue weighted by atomic mass is 9.87. The molecule has 1 amide bonds. The van der Waals surface area contributed by atoms with Crippen LogP contribution in [-0.2, 0) is 4.74 Å². The van der Waals surface area contributed by atoms with Crippen LogP contribution in [0.2, 0.25) is 0 Å². The van der Waals surface area contributed by atoms with Gasteiger partial charge in [0.25, 0.3) is 0 Å². The largest absolute Gasteiger partial charge is 0.447 e. The standard InChI is InChI=1S/C18H19N7O3S/c1-18(2,3)12-10-27-17(26)25(12)13-6-8-20-15(21-13)24-29-16-22-14(23-28-16)11-5-4-7-19-9-11/h4-9,12H,10H2,1-3H3,(H,20,21,24). The van der Waals surface area contributed by atoms with Crippen molar-refractivity contribution in [3.05, 3.63) is 36.8 Å². The molecule has 1 N–H and O–H groups in total. The zero-order valence-corrected chi connectivity index (χ0v) is 16.9. The summed E-state index contributed by atoms with van der Waals surface area (Å²) in [7, 11) is 0. The van der Waals surface area contributed by atoms with Crippen molar-refractivity contribution < 1.29 is 14.1 Å². The molecule has 0 spiro atoms. The summed E-state index contributed by atoms with van der Waals surface area (Å²) in [5, 5.41) is 4.23. The number of hydrogen-bond acceptors (Lipinski definition) is 10. The molecule has 0 aromatic carbocycles. The van der Waals surface area contributed by atoms with Crippen LogP contribution in [0, 0.1) is 5.41 Å². The average Bonchev–Trinajstić information content (AvgIpc) is 3.34. The van der Waals surface area contributed by atoms with Gasteiger partial charge in [-0.05, 0) is 23.6 Å². The average molecular weight is 413 g/mol. The molecular weight excluding hydrogens is 394 g/mol. The fourth-order valence-electron chi connectivity index (χ4n) is 2.80.